The van der Waals surface area contributed by atoms with E-state index in [1.165, 1.54) is 0 Å². The van der Waals surface area contributed by atoms with Crippen molar-refractivity contribution in [2.45, 2.75) is 120 Å². The fourth-order valence-corrected chi connectivity index (χ4v) is 6.69. The number of rotatable bonds is 18. The van der Waals surface area contributed by atoms with Gasteiger partial charge in [0.2, 0.25) is 0 Å². The van der Waals surface area contributed by atoms with Crippen molar-refractivity contribution < 1.29 is 28.7 Å². The Bertz CT molecular complexity index is 1670. The summed E-state index contributed by atoms with van der Waals surface area (Å²) in [6.45, 7) is 20.8. The molecular weight excluding hydrogens is 701 g/mol. The van der Waals surface area contributed by atoms with E-state index in [-0.39, 0.29) is 47.2 Å². The number of allylic oxidation sites excluding steroid dienone is 20. The topological polar surface area (TPSA) is 139 Å². The molecule has 0 aromatic carbocycles. The molecule has 304 valence electrons. The van der Waals surface area contributed by atoms with Crippen LogP contribution in [-0.4, -0.2) is 48.8 Å². The standard InChI is InChI=1S/C48H66N2O6/c1-33(19-13-21-35(3)25-27-39-37(5)45(53)41(31-47(39,7)8)55-43(51)23-15-29-49)17-11-12-18-34(2)20-14-22-36(4)26-28-40-38(6)46(54)42(32-48(40,9)10)56-44(52)24-16-30-50/h11-14,17-22,25-28,41-42H,15-16,23-24,29-32,49-50H2,1-10H3. The van der Waals surface area contributed by atoms with Crippen molar-refractivity contribution in [3.05, 3.63) is 130 Å². The van der Waals surface area contributed by atoms with Gasteiger partial charge >= 0.3 is 11.9 Å². The first-order chi connectivity index (χ1) is 26.3. The van der Waals surface area contributed by atoms with Crippen molar-refractivity contribution >= 4 is 23.5 Å². The van der Waals surface area contributed by atoms with Gasteiger partial charge in [0, 0.05) is 25.7 Å². The Kier molecular flexibility index (Phi) is 19.3. The van der Waals surface area contributed by atoms with Crippen molar-refractivity contribution in [2.24, 2.45) is 22.3 Å². The molecule has 2 unspecified atom stereocenters. The van der Waals surface area contributed by atoms with E-state index < -0.39 is 12.2 Å². The maximum Gasteiger partial charge on any atom is 0.306 e. The number of nitrogens with two attached hydrogens (primary N) is 2. The molecule has 0 saturated heterocycles. The lowest BCUT2D eigenvalue weighted by Gasteiger charge is -2.36. The van der Waals surface area contributed by atoms with Gasteiger partial charge in [0.1, 0.15) is 0 Å². The summed E-state index contributed by atoms with van der Waals surface area (Å²) in [5.41, 5.74) is 17.8. The highest BCUT2D eigenvalue weighted by atomic mass is 16.6. The van der Waals surface area contributed by atoms with E-state index in [1.54, 1.807) is 0 Å². The van der Waals surface area contributed by atoms with Crippen molar-refractivity contribution in [3.8, 4) is 0 Å². The number of ether oxygens (including phenoxy) is 2. The Hall–Kier alpha value is -4.66. The number of carbonyl (C=O) groups is 4. The molecule has 2 aliphatic rings. The summed E-state index contributed by atoms with van der Waals surface area (Å²) in [5, 5.41) is 0. The lowest BCUT2D eigenvalue weighted by molar-refractivity contribution is -0.156. The maximum absolute atomic E-state index is 13.0. The summed E-state index contributed by atoms with van der Waals surface area (Å²) in [4.78, 5) is 50.3. The van der Waals surface area contributed by atoms with E-state index in [9.17, 15) is 19.2 Å². The molecule has 2 atom stereocenters. The minimum atomic E-state index is -0.756. The molecule has 8 heteroatoms. The van der Waals surface area contributed by atoms with Gasteiger partial charge in [0.25, 0.3) is 0 Å². The molecule has 0 bridgehead atoms. The summed E-state index contributed by atoms with van der Waals surface area (Å²) in [6, 6.07) is 0. The molecule has 4 N–H and O–H groups in total. The first-order valence-corrected chi connectivity index (χ1v) is 19.7. The third kappa shape index (κ3) is 15.5. The van der Waals surface area contributed by atoms with Gasteiger partial charge < -0.3 is 20.9 Å². The van der Waals surface area contributed by atoms with Crippen LogP contribution in [0.3, 0.4) is 0 Å². The van der Waals surface area contributed by atoms with Gasteiger partial charge in [-0.15, -0.1) is 0 Å². The van der Waals surface area contributed by atoms with Crippen LogP contribution in [-0.2, 0) is 28.7 Å². The zero-order chi connectivity index (χ0) is 42.1. The third-order valence-electron chi connectivity index (χ3n) is 9.99. The zero-order valence-corrected chi connectivity index (χ0v) is 35.5. The number of Topliss-reactive ketones (excluding diaryl/α,β-unsaturated/α-hetero) is 2. The lowest BCUT2D eigenvalue weighted by atomic mass is 9.71. The first kappa shape index (κ1) is 47.5. The molecule has 0 fully saturated rings. The Labute approximate surface area is 336 Å². The summed E-state index contributed by atoms with van der Waals surface area (Å²) >= 11 is 0. The van der Waals surface area contributed by atoms with E-state index in [0.29, 0.717) is 49.9 Å². The van der Waals surface area contributed by atoms with Crippen molar-refractivity contribution in [3.63, 3.8) is 0 Å². The van der Waals surface area contributed by atoms with E-state index in [2.05, 4.69) is 27.7 Å². The molecule has 0 heterocycles. The maximum atomic E-state index is 13.0. The molecule has 0 aromatic rings. The number of carbonyl (C=O) groups excluding carboxylic acids is 4. The molecule has 2 aliphatic carbocycles. The van der Waals surface area contributed by atoms with E-state index >= 15 is 0 Å². The zero-order valence-electron chi connectivity index (χ0n) is 35.5. The fourth-order valence-electron chi connectivity index (χ4n) is 6.69. The smallest absolute Gasteiger partial charge is 0.306 e. The lowest BCUT2D eigenvalue weighted by Crippen LogP contribution is -2.39. The molecule has 2 rings (SSSR count). The predicted octanol–water partition coefficient (Wildman–Crippen LogP) is 9.49. The Balaban J connectivity index is 1.97. The number of hydrogen-bond donors (Lipinski definition) is 2. The Morgan fingerprint density at radius 2 is 0.911 bits per heavy atom. The SMILES string of the molecule is CC(C=CC=C(C)C=CC1=C(C)C(=O)C(OC(=O)CCCN)CC1(C)C)=CC=CC=C(C)C=CC=C(C)C=CC1=C(C)C(=O)C(OC(=O)CCCN)CC1(C)C. The molecule has 0 aromatic heterocycles. The van der Waals surface area contributed by atoms with Crippen LogP contribution in [0, 0.1) is 10.8 Å². The highest BCUT2D eigenvalue weighted by molar-refractivity contribution is 6.02. The number of ketones is 2. The summed E-state index contributed by atoms with van der Waals surface area (Å²) in [5.74, 6) is -1.03. The fraction of sp³-hybridized carbons (Fsp3) is 0.458. The van der Waals surface area contributed by atoms with Crippen molar-refractivity contribution in [2.75, 3.05) is 13.1 Å². The number of esters is 2. The molecular formula is C48H66N2O6. The minimum Gasteiger partial charge on any atom is -0.454 e. The highest BCUT2D eigenvalue weighted by Crippen LogP contribution is 2.42. The quantitative estimate of drug-likeness (QED) is 0.104. The Morgan fingerprint density at radius 3 is 1.25 bits per heavy atom. The average Bonchev–Trinajstić information content (AvgIpc) is 3.12. The van der Waals surface area contributed by atoms with Gasteiger partial charge in [-0.05, 0) is 101 Å². The van der Waals surface area contributed by atoms with Crippen LogP contribution in [0.25, 0.3) is 0 Å². The minimum absolute atomic E-state index is 0.137. The van der Waals surface area contributed by atoms with Crippen LogP contribution in [0.2, 0.25) is 0 Å². The van der Waals surface area contributed by atoms with Crippen molar-refractivity contribution in [1.82, 2.24) is 0 Å². The second-order valence-corrected chi connectivity index (χ2v) is 16.1. The molecule has 56 heavy (non-hydrogen) atoms. The van der Waals surface area contributed by atoms with Gasteiger partial charge in [0.05, 0.1) is 0 Å². The van der Waals surface area contributed by atoms with Crippen molar-refractivity contribution in [1.29, 1.82) is 0 Å². The van der Waals surface area contributed by atoms with Gasteiger partial charge in [0.15, 0.2) is 23.8 Å². The molecule has 0 saturated carbocycles. The summed E-state index contributed by atoms with van der Waals surface area (Å²) < 4.78 is 11.0. The highest BCUT2D eigenvalue weighted by Gasteiger charge is 2.41. The predicted molar refractivity (Wildman–Crippen MR) is 229 cm³/mol. The van der Waals surface area contributed by atoms with Crippen LogP contribution < -0.4 is 11.5 Å². The second-order valence-electron chi connectivity index (χ2n) is 16.1. The average molecular weight is 767 g/mol. The molecule has 8 nitrogen and oxygen atoms in total. The van der Waals surface area contributed by atoms with Crippen LogP contribution >= 0.6 is 0 Å². The second kappa shape index (κ2) is 22.8. The van der Waals surface area contributed by atoms with Gasteiger partial charge in [-0.1, -0.05) is 135 Å². The first-order valence-electron chi connectivity index (χ1n) is 19.7. The Morgan fingerprint density at radius 1 is 0.589 bits per heavy atom. The summed E-state index contributed by atoms with van der Waals surface area (Å²) in [6.07, 6.45) is 29.2. The normalized spacial score (nSPS) is 21.6. The monoisotopic (exact) mass is 766 g/mol. The molecule has 0 spiro atoms. The van der Waals surface area contributed by atoms with E-state index in [4.69, 9.17) is 20.9 Å². The molecule has 0 amide bonds. The van der Waals surface area contributed by atoms with E-state index in [0.717, 1.165) is 33.4 Å². The third-order valence-corrected chi connectivity index (χ3v) is 9.99. The van der Waals surface area contributed by atoms with Gasteiger partial charge in [-0.2, -0.15) is 0 Å². The number of hydrogen-bond acceptors (Lipinski definition) is 8. The van der Waals surface area contributed by atoms with Crippen LogP contribution in [0.5, 0.6) is 0 Å². The molecule has 0 radical (unpaired) electrons. The van der Waals surface area contributed by atoms with Gasteiger partial charge in [-0.25, -0.2) is 0 Å². The van der Waals surface area contributed by atoms with Crippen LogP contribution in [0.1, 0.15) is 108 Å². The van der Waals surface area contributed by atoms with E-state index in [1.807, 2.05) is 127 Å². The van der Waals surface area contributed by atoms with Crippen LogP contribution in [0.4, 0.5) is 0 Å². The summed E-state index contributed by atoms with van der Waals surface area (Å²) in [7, 11) is 0. The molecule has 0 aliphatic heterocycles. The van der Waals surface area contributed by atoms with Gasteiger partial charge in [-0.3, -0.25) is 19.2 Å². The largest absolute Gasteiger partial charge is 0.454 e. The van der Waals surface area contributed by atoms with Crippen LogP contribution in [0.15, 0.2) is 130 Å².